The second kappa shape index (κ2) is 9.02. The molecule has 170 valence electrons. The highest BCUT2D eigenvalue weighted by molar-refractivity contribution is 7.91. The average molecular weight is 448 g/mol. The van der Waals surface area contributed by atoms with Gasteiger partial charge in [-0.3, -0.25) is 4.79 Å². The monoisotopic (exact) mass is 447 g/mol. The van der Waals surface area contributed by atoms with Gasteiger partial charge >= 0.3 is 0 Å². The van der Waals surface area contributed by atoms with Gasteiger partial charge in [0.25, 0.3) is 5.91 Å². The van der Waals surface area contributed by atoms with Crippen molar-refractivity contribution in [1.29, 1.82) is 0 Å². The van der Waals surface area contributed by atoms with E-state index in [2.05, 4.69) is 24.3 Å². The number of ether oxygens (including phenoxy) is 1. The van der Waals surface area contributed by atoms with Gasteiger partial charge in [0.05, 0.1) is 23.2 Å². The molecular weight excluding hydrogens is 414 g/mol. The summed E-state index contributed by atoms with van der Waals surface area (Å²) in [5.41, 5.74) is 1.65. The highest BCUT2D eigenvalue weighted by Gasteiger charge is 2.33. The number of para-hydroxylation sites is 1. The molecule has 2 unspecified atom stereocenters. The minimum atomic E-state index is -3.08. The van der Waals surface area contributed by atoms with E-state index in [-0.39, 0.29) is 35.5 Å². The lowest BCUT2D eigenvalue weighted by atomic mass is 9.92. The second-order valence-electron chi connectivity index (χ2n) is 9.35. The van der Waals surface area contributed by atoms with E-state index in [0.29, 0.717) is 23.9 Å². The number of nitrogens with one attached hydrogen (secondary N) is 1. The van der Waals surface area contributed by atoms with Crippen LogP contribution in [0.3, 0.4) is 0 Å². The molecule has 0 aliphatic carbocycles. The van der Waals surface area contributed by atoms with Gasteiger partial charge in [0.1, 0.15) is 11.6 Å². The number of hydrogen-bond donors (Lipinski definition) is 1. The highest BCUT2D eigenvalue weighted by Crippen LogP contribution is 2.31. The summed E-state index contributed by atoms with van der Waals surface area (Å²) in [5.74, 6) is 1.43. The lowest BCUT2D eigenvalue weighted by Crippen LogP contribution is -2.24. The Morgan fingerprint density at radius 3 is 2.65 bits per heavy atom. The van der Waals surface area contributed by atoms with Gasteiger partial charge in [0.2, 0.25) is 0 Å². The molecule has 1 N–H and O–H groups in total. The summed E-state index contributed by atoms with van der Waals surface area (Å²) in [7, 11) is -3.08. The Morgan fingerprint density at radius 2 is 2.03 bits per heavy atom. The first kappa shape index (κ1) is 23.3. The van der Waals surface area contributed by atoms with E-state index < -0.39 is 9.84 Å². The van der Waals surface area contributed by atoms with E-state index in [4.69, 9.17) is 4.74 Å². The molecule has 8 heteroatoms. The van der Waals surface area contributed by atoms with E-state index in [1.807, 2.05) is 51.1 Å². The standard InChI is InChI=1S/C23H33N3O4S/c1-6-16(2)18-9-7-8-10-19(18)30-14-22(27)24-21-13-20(23(3,4)5)25-26(21)17-11-12-31(28,29)15-17/h7-10,13,16-17H,6,11-12,14-15H2,1-5H3,(H,24,27). The van der Waals surface area contributed by atoms with Crippen LogP contribution in [0.4, 0.5) is 5.82 Å². The normalized spacial score (nSPS) is 19.2. The summed E-state index contributed by atoms with van der Waals surface area (Å²) in [6.45, 7) is 10.2. The number of aromatic nitrogens is 2. The van der Waals surface area contributed by atoms with E-state index in [1.54, 1.807) is 4.68 Å². The van der Waals surface area contributed by atoms with Crippen molar-refractivity contribution >= 4 is 21.6 Å². The molecule has 1 aromatic heterocycles. The minimum absolute atomic E-state index is 0.0416. The number of anilines is 1. The van der Waals surface area contributed by atoms with Crippen molar-refractivity contribution < 1.29 is 17.9 Å². The van der Waals surface area contributed by atoms with Gasteiger partial charge in [-0.25, -0.2) is 13.1 Å². The van der Waals surface area contributed by atoms with Crippen LogP contribution in [0.5, 0.6) is 5.75 Å². The lowest BCUT2D eigenvalue weighted by Gasteiger charge is -2.16. The number of hydrogen-bond acceptors (Lipinski definition) is 5. The number of sulfone groups is 1. The maximum absolute atomic E-state index is 12.7. The molecule has 1 aliphatic rings. The smallest absolute Gasteiger partial charge is 0.263 e. The summed E-state index contributed by atoms with van der Waals surface area (Å²) in [6, 6.07) is 9.31. The van der Waals surface area contributed by atoms with Crippen LogP contribution < -0.4 is 10.1 Å². The van der Waals surface area contributed by atoms with Gasteiger partial charge in [0.15, 0.2) is 16.4 Å². The largest absolute Gasteiger partial charge is 0.483 e. The summed E-state index contributed by atoms with van der Waals surface area (Å²) >= 11 is 0. The fourth-order valence-electron chi connectivity index (χ4n) is 3.66. The predicted molar refractivity (Wildman–Crippen MR) is 123 cm³/mol. The van der Waals surface area contributed by atoms with Crippen LogP contribution >= 0.6 is 0 Å². The SMILES string of the molecule is CCC(C)c1ccccc1OCC(=O)Nc1cc(C(C)(C)C)nn1C1CCS(=O)(=O)C1. The summed E-state index contributed by atoms with van der Waals surface area (Å²) in [6.07, 6.45) is 1.47. The Balaban J connectivity index is 1.76. The van der Waals surface area contributed by atoms with E-state index in [0.717, 1.165) is 17.7 Å². The number of amides is 1. The summed E-state index contributed by atoms with van der Waals surface area (Å²) < 4.78 is 31.4. The second-order valence-corrected chi connectivity index (χ2v) is 11.6. The van der Waals surface area contributed by atoms with Crippen LogP contribution in [0.2, 0.25) is 0 Å². The molecule has 1 fully saturated rings. The van der Waals surface area contributed by atoms with Crippen molar-refractivity contribution in [3.63, 3.8) is 0 Å². The van der Waals surface area contributed by atoms with E-state index in [9.17, 15) is 13.2 Å². The Bertz CT molecular complexity index is 1040. The molecule has 0 spiro atoms. The Hall–Kier alpha value is -2.35. The molecule has 7 nitrogen and oxygen atoms in total. The molecule has 31 heavy (non-hydrogen) atoms. The van der Waals surface area contributed by atoms with Gasteiger partial charge in [-0.1, -0.05) is 52.8 Å². The lowest BCUT2D eigenvalue weighted by molar-refractivity contribution is -0.118. The third-order valence-electron chi connectivity index (χ3n) is 5.75. The fraction of sp³-hybridized carbons (Fsp3) is 0.565. The van der Waals surface area contributed by atoms with Gasteiger partial charge in [0, 0.05) is 11.5 Å². The zero-order chi connectivity index (χ0) is 22.8. The molecule has 3 rings (SSSR count). The molecular formula is C23H33N3O4S. The molecule has 1 aliphatic heterocycles. The molecule has 2 atom stereocenters. The highest BCUT2D eigenvalue weighted by atomic mass is 32.2. The number of carbonyl (C=O) groups excluding carboxylic acids is 1. The first-order valence-corrected chi connectivity index (χ1v) is 12.6. The van der Waals surface area contributed by atoms with Gasteiger partial charge in [-0.2, -0.15) is 5.10 Å². The third kappa shape index (κ3) is 5.67. The Kier molecular flexibility index (Phi) is 6.79. The van der Waals surface area contributed by atoms with Gasteiger partial charge in [-0.15, -0.1) is 0 Å². The number of carbonyl (C=O) groups is 1. The molecule has 1 saturated heterocycles. The third-order valence-corrected chi connectivity index (χ3v) is 7.50. The topological polar surface area (TPSA) is 90.3 Å². The van der Waals surface area contributed by atoms with Crippen LogP contribution in [-0.2, 0) is 20.0 Å². The van der Waals surface area contributed by atoms with Crippen LogP contribution in [-0.4, -0.2) is 42.2 Å². The molecule has 1 aromatic carbocycles. The molecule has 2 aromatic rings. The van der Waals surface area contributed by atoms with Crippen molar-refractivity contribution in [3.05, 3.63) is 41.6 Å². The van der Waals surface area contributed by atoms with Crippen molar-refractivity contribution in [2.75, 3.05) is 23.4 Å². The molecule has 1 amide bonds. The maximum Gasteiger partial charge on any atom is 0.263 e. The van der Waals surface area contributed by atoms with E-state index in [1.165, 1.54) is 0 Å². The Morgan fingerprint density at radius 1 is 1.32 bits per heavy atom. The average Bonchev–Trinajstić information content (AvgIpc) is 3.28. The van der Waals surface area contributed by atoms with Crippen molar-refractivity contribution in [2.45, 2.75) is 64.8 Å². The van der Waals surface area contributed by atoms with Crippen LogP contribution in [0.25, 0.3) is 0 Å². The fourth-order valence-corrected chi connectivity index (χ4v) is 5.35. The Labute approximate surface area is 185 Å². The van der Waals surface area contributed by atoms with Gasteiger partial charge < -0.3 is 10.1 Å². The number of benzene rings is 1. The molecule has 0 saturated carbocycles. The van der Waals surface area contributed by atoms with Crippen LogP contribution in [0.15, 0.2) is 30.3 Å². The zero-order valence-electron chi connectivity index (χ0n) is 19.0. The summed E-state index contributed by atoms with van der Waals surface area (Å²) in [4.78, 5) is 12.7. The van der Waals surface area contributed by atoms with Gasteiger partial charge in [-0.05, 0) is 30.4 Å². The molecule has 0 bridgehead atoms. The minimum Gasteiger partial charge on any atom is -0.483 e. The van der Waals surface area contributed by atoms with Crippen LogP contribution in [0.1, 0.15) is 70.7 Å². The summed E-state index contributed by atoms with van der Waals surface area (Å²) in [5, 5.41) is 7.53. The predicted octanol–water partition coefficient (Wildman–Crippen LogP) is 4.07. The van der Waals surface area contributed by atoms with Crippen LogP contribution in [0, 0.1) is 0 Å². The maximum atomic E-state index is 12.7. The van der Waals surface area contributed by atoms with Crippen molar-refractivity contribution in [3.8, 4) is 5.75 Å². The van der Waals surface area contributed by atoms with Crippen molar-refractivity contribution in [2.24, 2.45) is 0 Å². The van der Waals surface area contributed by atoms with E-state index >= 15 is 0 Å². The number of rotatable bonds is 7. The van der Waals surface area contributed by atoms with Crippen molar-refractivity contribution in [1.82, 2.24) is 9.78 Å². The zero-order valence-corrected chi connectivity index (χ0v) is 19.8. The quantitative estimate of drug-likeness (QED) is 0.691. The first-order valence-electron chi connectivity index (χ1n) is 10.8. The molecule has 2 heterocycles. The molecule has 0 radical (unpaired) electrons. The first-order chi connectivity index (χ1) is 14.5. The number of nitrogens with zero attached hydrogens (tertiary/aromatic N) is 2.